The Hall–Kier alpha value is -2.25. The minimum absolute atomic E-state index is 0.124. The molecule has 2 aromatic rings. The maximum absolute atomic E-state index is 13.1. The molecule has 7 heteroatoms. The van der Waals surface area contributed by atoms with Crippen molar-refractivity contribution in [3.05, 3.63) is 59.9 Å². The smallest absolute Gasteiger partial charge is 0.237 e. The Kier molecular flexibility index (Phi) is 3.30. The number of hydrogen-bond donors (Lipinski definition) is 1. The van der Waals surface area contributed by atoms with Crippen molar-refractivity contribution in [1.29, 1.82) is 0 Å². The van der Waals surface area contributed by atoms with E-state index in [-0.39, 0.29) is 11.2 Å². The first-order valence-corrected chi connectivity index (χ1v) is 10.4. The third-order valence-electron chi connectivity index (χ3n) is 5.82. The summed E-state index contributed by atoms with van der Waals surface area (Å²) >= 11 is 0. The van der Waals surface area contributed by atoms with Gasteiger partial charge in [-0.2, -0.15) is 4.31 Å². The minimum atomic E-state index is -3.43. The van der Waals surface area contributed by atoms with Gasteiger partial charge in [0.1, 0.15) is 0 Å². The molecule has 26 heavy (non-hydrogen) atoms. The van der Waals surface area contributed by atoms with Crippen LogP contribution in [-0.2, 0) is 20.2 Å². The second-order valence-electron chi connectivity index (χ2n) is 7.26. The van der Waals surface area contributed by atoms with E-state index in [1.54, 1.807) is 22.8 Å². The van der Waals surface area contributed by atoms with Gasteiger partial charge in [0, 0.05) is 24.6 Å². The molecule has 1 aromatic carbocycles. The molecule has 0 radical (unpaired) electrons. The van der Waals surface area contributed by atoms with Crippen LogP contribution in [0.2, 0.25) is 0 Å². The van der Waals surface area contributed by atoms with Gasteiger partial charge in [-0.25, -0.2) is 8.42 Å². The van der Waals surface area contributed by atoms with Gasteiger partial charge in [-0.3, -0.25) is 9.78 Å². The van der Waals surface area contributed by atoms with Crippen molar-refractivity contribution < 1.29 is 13.2 Å². The number of anilines is 1. The van der Waals surface area contributed by atoms with E-state index in [2.05, 4.69) is 10.3 Å². The van der Waals surface area contributed by atoms with E-state index in [4.69, 9.17) is 0 Å². The van der Waals surface area contributed by atoms with Gasteiger partial charge < -0.3 is 5.32 Å². The van der Waals surface area contributed by atoms with Crippen molar-refractivity contribution in [2.24, 2.45) is 0 Å². The molecule has 5 rings (SSSR count). The molecule has 1 saturated carbocycles. The SMILES string of the molecule is O=C1Nc2ccccc2C12CCN(S(=O)(=O)C1CC1)C2c1cccnc1. The van der Waals surface area contributed by atoms with Gasteiger partial charge in [-0.15, -0.1) is 0 Å². The lowest BCUT2D eigenvalue weighted by Gasteiger charge is -2.33. The summed E-state index contributed by atoms with van der Waals surface area (Å²) in [6.45, 7) is 0.347. The van der Waals surface area contributed by atoms with Crippen LogP contribution in [0.25, 0.3) is 0 Å². The van der Waals surface area contributed by atoms with E-state index in [1.165, 1.54) is 0 Å². The third-order valence-corrected chi connectivity index (χ3v) is 8.18. The highest BCUT2D eigenvalue weighted by molar-refractivity contribution is 7.90. The topological polar surface area (TPSA) is 79.4 Å². The minimum Gasteiger partial charge on any atom is -0.325 e. The lowest BCUT2D eigenvalue weighted by atomic mass is 9.73. The monoisotopic (exact) mass is 369 g/mol. The fraction of sp³-hybridized carbons (Fsp3) is 0.368. The van der Waals surface area contributed by atoms with Gasteiger partial charge in [0.15, 0.2) is 0 Å². The maximum Gasteiger partial charge on any atom is 0.237 e. The molecule has 134 valence electrons. The molecule has 1 aliphatic carbocycles. The first-order chi connectivity index (χ1) is 12.5. The van der Waals surface area contributed by atoms with E-state index in [1.807, 2.05) is 30.3 Å². The lowest BCUT2D eigenvalue weighted by Crippen LogP contribution is -2.43. The van der Waals surface area contributed by atoms with Crippen molar-refractivity contribution >= 4 is 21.6 Å². The standard InChI is InChI=1S/C19H19N3O3S/c23-18-19(15-5-1-2-6-16(15)21-18)9-11-22(26(24,25)14-7-8-14)17(19)13-4-3-10-20-12-13/h1-6,10,12,14,17H,7-9,11H2,(H,21,23). The molecule has 3 aliphatic rings. The summed E-state index contributed by atoms with van der Waals surface area (Å²) < 4.78 is 27.8. The zero-order chi connectivity index (χ0) is 17.9. The molecule has 2 aliphatic heterocycles. The van der Waals surface area contributed by atoms with E-state index >= 15 is 0 Å². The van der Waals surface area contributed by atoms with Gasteiger partial charge in [0.05, 0.1) is 16.7 Å². The fourth-order valence-electron chi connectivity index (χ4n) is 4.48. The number of amides is 1. The van der Waals surface area contributed by atoms with Crippen molar-refractivity contribution in [3.8, 4) is 0 Å². The second kappa shape index (κ2) is 5.37. The zero-order valence-corrected chi connectivity index (χ0v) is 14.9. The number of sulfonamides is 1. The predicted octanol–water partition coefficient (Wildman–Crippen LogP) is 2.21. The Balaban J connectivity index is 1.72. The molecule has 1 N–H and O–H groups in total. The highest BCUT2D eigenvalue weighted by Crippen LogP contribution is 2.56. The van der Waals surface area contributed by atoms with Crippen molar-refractivity contribution in [2.45, 2.75) is 36.0 Å². The largest absolute Gasteiger partial charge is 0.325 e. The zero-order valence-electron chi connectivity index (χ0n) is 14.1. The molecule has 3 heterocycles. The number of aromatic nitrogens is 1. The highest BCUT2D eigenvalue weighted by atomic mass is 32.2. The summed E-state index contributed by atoms with van der Waals surface area (Å²) in [6, 6.07) is 10.7. The number of nitrogens with one attached hydrogen (secondary N) is 1. The first-order valence-electron chi connectivity index (χ1n) is 8.87. The highest BCUT2D eigenvalue weighted by Gasteiger charge is 2.62. The fourth-order valence-corrected chi connectivity index (χ4v) is 6.53. The van der Waals surface area contributed by atoms with Crippen LogP contribution < -0.4 is 5.32 Å². The summed E-state index contributed by atoms with van der Waals surface area (Å²) in [5, 5.41) is 2.66. The molecule has 6 nitrogen and oxygen atoms in total. The van der Waals surface area contributed by atoms with Crippen molar-refractivity contribution in [1.82, 2.24) is 9.29 Å². The molecule has 2 unspecified atom stereocenters. The van der Waals surface area contributed by atoms with Crippen LogP contribution in [-0.4, -0.2) is 35.4 Å². The van der Waals surface area contributed by atoms with E-state index in [0.717, 1.165) is 16.8 Å². The number of para-hydroxylation sites is 1. The lowest BCUT2D eigenvalue weighted by molar-refractivity contribution is -0.121. The number of carbonyl (C=O) groups is 1. The van der Waals surface area contributed by atoms with Crippen LogP contribution in [0.4, 0.5) is 5.69 Å². The summed E-state index contributed by atoms with van der Waals surface area (Å²) in [7, 11) is -3.43. The Bertz CT molecular complexity index is 988. The normalized spacial score (nSPS) is 28.3. The van der Waals surface area contributed by atoms with Gasteiger partial charge in [0.2, 0.25) is 15.9 Å². The number of carbonyl (C=O) groups excluding carboxylic acids is 1. The van der Waals surface area contributed by atoms with Crippen molar-refractivity contribution in [2.75, 3.05) is 11.9 Å². The van der Waals surface area contributed by atoms with Crippen LogP contribution in [0.5, 0.6) is 0 Å². The number of pyridine rings is 1. The predicted molar refractivity (Wildman–Crippen MR) is 97.0 cm³/mol. The Morgan fingerprint density at radius 3 is 2.69 bits per heavy atom. The molecule has 1 aromatic heterocycles. The molecule has 1 amide bonds. The second-order valence-corrected chi connectivity index (χ2v) is 9.43. The quantitative estimate of drug-likeness (QED) is 0.900. The Labute approximate surface area is 152 Å². The third kappa shape index (κ3) is 2.04. The summed E-state index contributed by atoms with van der Waals surface area (Å²) in [5.41, 5.74) is 1.52. The average Bonchev–Trinajstić information content (AvgIpc) is 3.38. The van der Waals surface area contributed by atoms with Crippen LogP contribution in [0, 0.1) is 0 Å². The number of benzene rings is 1. The number of hydrogen-bond acceptors (Lipinski definition) is 4. The molecule has 2 fully saturated rings. The van der Waals surface area contributed by atoms with Crippen LogP contribution >= 0.6 is 0 Å². The van der Waals surface area contributed by atoms with Gasteiger partial charge in [0.25, 0.3) is 0 Å². The molecule has 1 saturated heterocycles. The number of rotatable bonds is 3. The van der Waals surface area contributed by atoms with Gasteiger partial charge in [-0.1, -0.05) is 24.3 Å². The summed E-state index contributed by atoms with van der Waals surface area (Å²) in [6.07, 6.45) is 5.22. The number of fused-ring (bicyclic) bond motifs is 2. The first kappa shape index (κ1) is 16.0. The van der Waals surface area contributed by atoms with Crippen LogP contribution in [0.1, 0.15) is 36.4 Å². The van der Waals surface area contributed by atoms with Gasteiger partial charge >= 0.3 is 0 Å². The molecule has 0 bridgehead atoms. The van der Waals surface area contributed by atoms with Crippen LogP contribution in [0.3, 0.4) is 0 Å². The summed E-state index contributed by atoms with van der Waals surface area (Å²) in [5.74, 6) is -0.124. The van der Waals surface area contributed by atoms with Crippen LogP contribution in [0.15, 0.2) is 48.8 Å². The number of nitrogens with zero attached hydrogens (tertiary/aromatic N) is 2. The summed E-state index contributed by atoms with van der Waals surface area (Å²) in [4.78, 5) is 17.3. The van der Waals surface area contributed by atoms with E-state index in [0.29, 0.717) is 25.8 Å². The van der Waals surface area contributed by atoms with E-state index in [9.17, 15) is 13.2 Å². The molecular formula is C19H19N3O3S. The molecular weight excluding hydrogens is 350 g/mol. The average molecular weight is 369 g/mol. The maximum atomic E-state index is 13.1. The van der Waals surface area contributed by atoms with Crippen molar-refractivity contribution in [3.63, 3.8) is 0 Å². The Morgan fingerprint density at radius 2 is 1.96 bits per heavy atom. The molecule has 2 atom stereocenters. The Morgan fingerprint density at radius 1 is 1.15 bits per heavy atom. The molecule has 1 spiro atoms. The van der Waals surface area contributed by atoms with E-state index < -0.39 is 21.5 Å². The van der Waals surface area contributed by atoms with Gasteiger partial charge in [-0.05, 0) is 42.5 Å².